The smallest absolute Gasteiger partial charge is 0.203 e. The molecule has 0 spiro atoms. The lowest BCUT2D eigenvalue weighted by Gasteiger charge is -2.16. The second-order valence-corrected chi connectivity index (χ2v) is 4.64. The number of aryl methyl sites for hydroxylation is 1. The van der Waals surface area contributed by atoms with Crippen molar-refractivity contribution in [2.45, 2.75) is 39.3 Å². The van der Waals surface area contributed by atoms with Crippen LogP contribution in [0.5, 0.6) is 0 Å². The van der Waals surface area contributed by atoms with Crippen LogP contribution >= 0.6 is 0 Å². The molecule has 0 unspecified atom stereocenters. The minimum atomic E-state index is 0.840. The minimum Gasteiger partial charge on any atom is -0.356 e. The Morgan fingerprint density at radius 2 is 2.31 bits per heavy atom. The van der Waals surface area contributed by atoms with E-state index in [1.165, 1.54) is 12.8 Å². The van der Waals surface area contributed by atoms with Gasteiger partial charge in [-0.05, 0) is 33.7 Å². The highest BCUT2D eigenvalue weighted by molar-refractivity contribution is 5.28. The molecule has 1 aliphatic rings. The van der Waals surface area contributed by atoms with Crippen molar-refractivity contribution in [3.05, 3.63) is 11.9 Å². The molecular formula is C12H22N4. The van der Waals surface area contributed by atoms with Crippen LogP contribution < -0.4 is 5.32 Å². The largest absolute Gasteiger partial charge is 0.356 e. The molecule has 0 radical (unpaired) electrons. The lowest BCUT2D eigenvalue weighted by Crippen LogP contribution is -2.25. The highest BCUT2D eigenvalue weighted by Crippen LogP contribution is 2.25. The van der Waals surface area contributed by atoms with E-state index in [2.05, 4.69) is 39.9 Å². The van der Waals surface area contributed by atoms with Gasteiger partial charge in [-0.2, -0.15) is 0 Å². The molecule has 1 fully saturated rings. The van der Waals surface area contributed by atoms with E-state index in [0.717, 1.165) is 37.3 Å². The number of aromatic nitrogens is 2. The van der Waals surface area contributed by atoms with Gasteiger partial charge in [0.2, 0.25) is 5.95 Å². The second-order valence-electron chi connectivity index (χ2n) is 4.64. The topological polar surface area (TPSA) is 33.1 Å². The Balaban J connectivity index is 1.91. The molecule has 0 bridgehead atoms. The number of anilines is 1. The maximum Gasteiger partial charge on any atom is 0.203 e. The molecule has 16 heavy (non-hydrogen) atoms. The normalized spacial score (nSPS) is 15.8. The van der Waals surface area contributed by atoms with Gasteiger partial charge >= 0.3 is 0 Å². The molecule has 0 atom stereocenters. The molecule has 1 N–H and O–H groups in total. The summed E-state index contributed by atoms with van der Waals surface area (Å²) in [6, 6.07) is 0.840. The summed E-state index contributed by atoms with van der Waals surface area (Å²) in [5.41, 5.74) is 1.09. The number of imidazole rings is 1. The predicted octanol–water partition coefficient (Wildman–Crippen LogP) is 1.72. The molecule has 0 saturated heterocycles. The van der Waals surface area contributed by atoms with Crippen molar-refractivity contribution in [1.82, 2.24) is 14.5 Å². The number of nitrogens with one attached hydrogen (secondary N) is 1. The van der Waals surface area contributed by atoms with Crippen LogP contribution in [0, 0.1) is 6.92 Å². The van der Waals surface area contributed by atoms with E-state index >= 15 is 0 Å². The van der Waals surface area contributed by atoms with Crippen LogP contribution in [0.2, 0.25) is 0 Å². The lowest BCUT2D eigenvalue weighted by molar-refractivity contribution is 0.310. The summed E-state index contributed by atoms with van der Waals surface area (Å²) in [5, 5.41) is 3.30. The molecule has 2 rings (SSSR count). The molecule has 1 aromatic rings. The number of nitrogens with zero attached hydrogens (tertiary/aromatic N) is 3. The van der Waals surface area contributed by atoms with Crippen LogP contribution in [0.25, 0.3) is 0 Å². The van der Waals surface area contributed by atoms with Gasteiger partial charge in [-0.1, -0.05) is 0 Å². The van der Waals surface area contributed by atoms with Crippen LogP contribution in [0.3, 0.4) is 0 Å². The van der Waals surface area contributed by atoms with E-state index in [1.54, 1.807) is 0 Å². The average molecular weight is 222 g/mol. The average Bonchev–Trinajstić information content (AvgIpc) is 3.02. The van der Waals surface area contributed by atoms with Gasteiger partial charge in [-0.15, -0.1) is 0 Å². The summed E-state index contributed by atoms with van der Waals surface area (Å²) in [4.78, 5) is 6.92. The molecular weight excluding hydrogens is 200 g/mol. The molecule has 0 aromatic carbocycles. The standard InChI is InChI=1S/C12H22N4/c1-4-13-12-14-10(2)9-16(12)8-7-15(3)11-5-6-11/h9,11H,4-8H2,1-3H3,(H,13,14). The van der Waals surface area contributed by atoms with E-state index in [1.807, 2.05) is 6.92 Å². The van der Waals surface area contributed by atoms with Crippen molar-refractivity contribution in [3.63, 3.8) is 0 Å². The second kappa shape index (κ2) is 4.87. The predicted molar refractivity (Wildman–Crippen MR) is 66.8 cm³/mol. The SMILES string of the molecule is CCNc1nc(C)cn1CCN(C)C1CC1. The van der Waals surface area contributed by atoms with Crippen molar-refractivity contribution < 1.29 is 0 Å². The zero-order valence-corrected chi connectivity index (χ0v) is 10.5. The van der Waals surface area contributed by atoms with Crippen molar-refractivity contribution in [1.29, 1.82) is 0 Å². The van der Waals surface area contributed by atoms with Gasteiger partial charge in [0.1, 0.15) is 0 Å². The molecule has 90 valence electrons. The summed E-state index contributed by atoms with van der Waals surface area (Å²) in [6.45, 7) is 7.20. The summed E-state index contributed by atoms with van der Waals surface area (Å²) in [5.74, 6) is 1.00. The van der Waals surface area contributed by atoms with Crippen LogP contribution in [-0.4, -0.2) is 40.6 Å². The molecule has 0 aliphatic heterocycles. The third-order valence-corrected chi connectivity index (χ3v) is 3.10. The Labute approximate surface area is 97.7 Å². The van der Waals surface area contributed by atoms with Crippen LogP contribution in [-0.2, 0) is 6.54 Å². The van der Waals surface area contributed by atoms with E-state index in [9.17, 15) is 0 Å². The Hall–Kier alpha value is -1.03. The Morgan fingerprint density at radius 1 is 1.56 bits per heavy atom. The van der Waals surface area contributed by atoms with Gasteiger partial charge in [-0.3, -0.25) is 0 Å². The summed E-state index contributed by atoms with van der Waals surface area (Å²) in [7, 11) is 2.22. The third kappa shape index (κ3) is 2.76. The summed E-state index contributed by atoms with van der Waals surface area (Å²) in [6.07, 6.45) is 4.87. The lowest BCUT2D eigenvalue weighted by atomic mass is 10.5. The molecule has 1 aromatic heterocycles. The number of hydrogen-bond acceptors (Lipinski definition) is 3. The zero-order valence-electron chi connectivity index (χ0n) is 10.5. The Bertz CT molecular complexity index is 341. The minimum absolute atomic E-state index is 0.840. The van der Waals surface area contributed by atoms with Crippen LogP contribution in [0.15, 0.2) is 6.20 Å². The molecule has 4 nitrogen and oxygen atoms in total. The first-order valence-corrected chi connectivity index (χ1v) is 6.18. The number of hydrogen-bond donors (Lipinski definition) is 1. The highest BCUT2D eigenvalue weighted by atomic mass is 15.2. The molecule has 1 heterocycles. The van der Waals surface area contributed by atoms with Gasteiger partial charge in [0.15, 0.2) is 0 Å². The maximum absolute atomic E-state index is 4.47. The summed E-state index contributed by atoms with van der Waals surface area (Å²) < 4.78 is 2.22. The quantitative estimate of drug-likeness (QED) is 0.795. The summed E-state index contributed by atoms with van der Waals surface area (Å²) >= 11 is 0. The molecule has 4 heteroatoms. The van der Waals surface area contributed by atoms with Crippen LogP contribution in [0.4, 0.5) is 5.95 Å². The van der Waals surface area contributed by atoms with Crippen molar-refractivity contribution in [2.75, 3.05) is 25.5 Å². The van der Waals surface area contributed by atoms with E-state index < -0.39 is 0 Å². The molecule has 1 aliphatic carbocycles. The van der Waals surface area contributed by atoms with Gasteiger partial charge in [0.25, 0.3) is 0 Å². The fourth-order valence-electron chi connectivity index (χ4n) is 1.98. The van der Waals surface area contributed by atoms with Crippen LogP contribution in [0.1, 0.15) is 25.5 Å². The van der Waals surface area contributed by atoms with Crippen molar-refractivity contribution in [2.24, 2.45) is 0 Å². The van der Waals surface area contributed by atoms with E-state index in [0.29, 0.717) is 0 Å². The first kappa shape index (κ1) is 11.5. The highest BCUT2D eigenvalue weighted by Gasteiger charge is 2.25. The Kier molecular flexibility index (Phi) is 3.49. The third-order valence-electron chi connectivity index (χ3n) is 3.10. The number of rotatable bonds is 6. The van der Waals surface area contributed by atoms with Crippen molar-refractivity contribution >= 4 is 5.95 Å². The fraction of sp³-hybridized carbons (Fsp3) is 0.750. The molecule has 1 saturated carbocycles. The molecule has 0 amide bonds. The first-order valence-electron chi connectivity index (χ1n) is 6.18. The first-order chi connectivity index (χ1) is 7.70. The van der Waals surface area contributed by atoms with E-state index in [4.69, 9.17) is 0 Å². The number of likely N-dealkylation sites (N-methyl/N-ethyl adjacent to an activating group) is 1. The van der Waals surface area contributed by atoms with Crippen molar-refractivity contribution in [3.8, 4) is 0 Å². The monoisotopic (exact) mass is 222 g/mol. The van der Waals surface area contributed by atoms with Gasteiger partial charge in [-0.25, -0.2) is 4.98 Å². The van der Waals surface area contributed by atoms with Gasteiger partial charge in [0.05, 0.1) is 5.69 Å². The fourth-order valence-corrected chi connectivity index (χ4v) is 1.98. The zero-order chi connectivity index (χ0) is 11.5. The maximum atomic E-state index is 4.47. The van der Waals surface area contributed by atoms with Gasteiger partial charge in [0, 0.05) is 31.9 Å². The Morgan fingerprint density at radius 3 is 2.94 bits per heavy atom. The van der Waals surface area contributed by atoms with Gasteiger partial charge < -0.3 is 14.8 Å². The van der Waals surface area contributed by atoms with E-state index in [-0.39, 0.29) is 0 Å².